The molecule has 0 aliphatic rings. The van der Waals surface area contributed by atoms with E-state index in [0.29, 0.717) is 6.04 Å². The molecular formula is C12H18N2O2. The van der Waals surface area contributed by atoms with Gasteiger partial charge in [0.05, 0.1) is 4.92 Å². The van der Waals surface area contributed by atoms with Crippen LogP contribution in [0.1, 0.15) is 33.1 Å². The van der Waals surface area contributed by atoms with Gasteiger partial charge in [-0.1, -0.05) is 26.3 Å². The van der Waals surface area contributed by atoms with Gasteiger partial charge in [-0.15, -0.1) is 0 Å². The van der Waals surface area contributed by atoms with Gasteiger partial charge in [0.15, 0.2) is 0 Å². The summed E-state index contributed by atoms with van der Waals surface area (Å²) in [5, 5.41) is 13.9. The number of nitro groups is 1. The summed E-state index contributed by atoms with van der Waals surface area (Å²) in [7, 11) is 0. The van der Waals surface area contributed by atoms with Crippen LogP contribution in [0.2, 0.25) is 0 Å². The van der Waals surface area contributed by atoms with Crippen molar-refractivity contribution < 1.29 is 4.92 Å². The maximum Gasteiger partial charge on any atom is 0.271 e. The second-order valence-electron chi connectivity index (χ2n) is 3.85. The minimum absolute atomic E-state index is 0.136. The van der Waals surface area contributed by atoms with Gasteiger partial charge in [-0.05, 0) is 18.9 Å². The summed E-state index contributed by atoms with van der Waals surface area (Å²) in [5.74, 6) is 0. The Morgan fingerprint density at radius 1 is 1.44 bits per heavy atom. The molecule has 0 amide bonds. The molecule has 0 aliphatic heterocycles. The number of rotatable bonds is 6. The van der Waals surface area contributed by atoms with Gasteiger partial charge in [0.1, 0.15) is 0 Å². The Labute approximate surface area is 95.8 Å². The summed E-state index contributed by atoms with van der Waals surface area (Å²) in [6.45, 7) is 4.25. The summed E-state index contributed by atoms with van der Waals surface area (Å²) in [4.78, 5) is 10.2. The number of non-ortho nitro benzene ring substituents is 1. The first-order valence-corrected chi connectivity index (χ1v) is 5.68. The highest BCUT2D eigenvalue weighted by Crippen LogP contribution is 2.19. The van der Waals surface area contributed by atoms with Crippen LogP contribution >= 0.6 is 0 Å². The predicted molar refractivity (Wildman–Crippen MR) is 65.7 cm³/mol. The van der Waals surface area contributed by atoms with Crippen LogP contribution in [0.3, 0.4) is 0 Å². The van der Waals surface area contributed by atoms with E-state index < -0.39 is 0 Å². The molecule has 0 radical (unpaired) electrons. The molecule has 16 heavy (non-hydrogen) atoms. The Hall–Kier alpha value is -1.58. The average molecular weight is 222 g/mol. The zero-order valence-corrected chi connectivity index (χ0v) is 9.77. The number of anilines is 1. The van der Waals surface area contributed by atoms with Gasteiger partial charge in [-0.3, -0.25) is 10.1 Å². The van der Waals surface area contributed by atoms with Crippen LogP contribution in [0.4, 0.5) is 11.4 Å². The van der Waals surface area contributed by atoms with Gasteiger partial charge >= 0.3 is 0 Å². The molecule has 88 valence electrons. The summed E-state index contributed by atoms with van der Waals surface area (Å²) >= 11 is 0. The largest absolute Gasteiger partial charge is 0.382 e. The lowest BCUT2D eigenvalue weighted by Gasteiger charge is -2.17. The SMILES string of the molecule is CCCC(CC)Nc1cccc([N+](=O)[O-])c1. The van der Waals surface area contributed by atoms with Crippen molar-refractivity contribution in [2.75, 3.05) is 5.32 Å². The van der Waals surface area contributed by atoms with E-state index in [4.69, 9.17) is 0 Å². The minimum atomic E-state index is -0.369. The second-order valence-corrected chi connectivity index (χ2v) is 3.85. The maximum absolute atomic E-state index is 10.6. The zero-order chi connectivity index (χ0) is 12.0. The van der Waals surface area contributed by atoms with Crippen molar-refractivity contribution in [2.24, 2.45) is 0 Å². The third-order valence-electron chi connectivity index (χ3n) is 2.56. The highest BCUT2D eigenvalue weighted by molar-refractivity contribution is 5.51. The zero-order valence-electron chi connectivity index (χ0n) is 9.77. The first-order chi connectivity index (χ1) is 7.67. The van der Waals surface area contributed by atoms with Gasteiger partial charge in [-0.25, -0.2) is 0 Å². The fourth-order valence-corrected chi connectivity index (χ4v) is 1.67. The summed E-state index contributed by atoms with van der Waals surface area (Å²) in [5.41, 5.74) is 0.964. The Morgan fingerprint density at radius 2 is 2.19 bits per heavy atom. The lowest BCUT2D eigenvalue weighted by Crippen LogP contribution is -2.17. The predicted octanol–water partition coefficient (Wildman–Crippen LogP) is 3.59. The fourth-order valence-electron chi connectivity index (χ4n) is 1.67. The van der Waals surface area contributed by atoms with E-state index in [2.05, 4.69) is 19.2 Å². The van der Waals surface area contributed by atoms with Crippen LogP contribution in [0.25, 0.3) is 0 Å². The molecule has 1 N–H and O–H groups in total. The van der Waals surface area contributed by atoms with Crippen molar-refractivity contribution in [1.29, 1.82) is 0 Å². The van der Waals surface area contributed by atoms with Crippen LogP contribution in [-0.2, 0) is 0 Å². The molecule has 0 bridgehead atoms. The maximum atomic E-state index is 10.6. The number of hydrogen-bond acceptors (Lipinski definition) is 3. The van der Waals surface area contributed by atoms with Gasteiger partial charge in [0, 0.05) is 23.9 Å². The van der Waals surface area contributed by atoms with Crippen molar-refractivity contribution in [3.63, 3.8) is 0 Å². The molecule has 0 heterocycles. The molecule has 1 unspecified atom stereocenters. The van der Waals surface area contributed by atoms with E-state index in [-0.39, 0.29) is 10.6 Å². The van der Waals surface area contributed by atoms with E-state index in [1.165, 1.54) is 6.07 Å². The molecule has 1 rings (SSSR count). The van der Waals surface area contributed by atoms with Crippen molar-refractivity contribution in [2.45, 2.75) is 39.2 Å². The number of benzene rings is 1. The van der Waals surface area contributed by atoms with Crippen molar-refractivity contribution in [3.8, 4) is 0 Å². The molecule has 1 aromatic rings. The molecule has 0 saturated heterocycles. The summed E-state index contributed by atoms with van der Waals surface area (Å²) in [6, 6.07) is 7.06. The molecule has 1 aromatic carbocycles. The van der Waals surface area contributed by atoms with Crippen LogP contribution in [0.15, 0.2) is 24.3 Å². The number of nitrogens with one attached hydrogen (secondary N) is 1. The highest BCUT2D eigenvalue weighted by atomic mass is 16.6. The molecule has 0 aliphatic carbocycles. The normalized spacial score (nSPS) is 12.1. The molecule has 4 heteroatoms. The molecule has 0 spiro atoms. The topological polar surface area (TPSA) is 55.2 Å². The van der Waals surface area contributed by atoms with Gasteiger partial charge in [0.25, 0.3) is 5.69 Å². The number of hydrogen-bond donors (Lipinski definition) is 1. The lowest BCUT2D eigenvalue weighted by atomic mass is 10.1. The van der Waals surface area contributed by atoms with E-state index in [1.807, 2.05) is 6.07 Å². The van der Waals surface area contributed by atoms with E-state index >= 15 is 0 Å². The van der Waals surface area contributed by atoms with E-state index in [1.54, 1.807) is 12.1 Å². The molecule has 0 saturated carbocycles. The van der Waals surface area contributed by atoms with E-state index in [0.717, 1.165) is 24.9 Å². The van der Waals surface area contributed by atoms with Crippen molar-refractivity contribution in [3.05, 3.63) is 34.4 Å². The molecular weight excluding hydrogens is 204 g/mol. The van der Waals surface area contributed by atoms with Crippen LogP contribution < -0.4 is 5.32 Å². The summed E-state index contributed by atoms with van der Waals surface area (Å²) in [6.07, 6.45) is 3.22. The first-order valence-electron chi connectivity index (χ1n) is 5.68. The van der Waals surface area contributed by atoms with Crippen molar-refractivity contribution >= 4 is 11.4 Å². The quantitative estimate of drug-likeness (QED) is 0.591. The Kier molecular flexibility index (Phi) is 4.76. The van der Waals surface area contributed by atoms with Gasteiger partial charge < -0.3 is 5.32 Å². The number of nitrogens with zero attached hydrogens (tertiary/aromatic N) is 1. The minimum Gasteiger partial charge on any atom is -0.382 e. The Morgan fingerprint density at radius 3 is 2.75 bits per heavy atom. The third-order valence-corrected chi connectivity index (χ3v) is 2.56. The van der Waals surface area contributed by atoms with Gasteiger partial charge in [0.2, 0.25) is 0 Å². The molecule has 4 nitrogen and oxygen atoms in total. The van der Waals surface area contributed by atoms with Gasteiger partial charge in [-0.2, -0.15) is 0 Å². The average Bonchev–Trinajstić information content (AvgIpc) is 2.29. The number of nitro benzene ring substituents is 1. The molecule has 0 aromatic heterocycles. The second kappa shape index (κ2) is 6.10. The lowest BCUT2D eigenvalue weighted by molar-refractivity contribution is -0.384. The van der Waals surface area contributed by atoms with Crippen LogP contribution in [0, 0.1) is 10.1 Å². The summed E-state index contributed by atoms with van der Waals surface area (Å²) < 4.78 is 0. The van der Waals surface area contributed by atoms with Crippen molar-refractivity contribution in [1.82, 2.24) is 0 Å². The van der Waals surface area contributed by atoms with Crippen LogP contribution in [-0.4, -0.2) is 11.0 Å². The smallest absolute Gasteiger partial charge is 0.271 e. The first kappa shape index (κ1) is 12.5. The molecule has 1 atom stereocenters. The fraction of sp³-hybridized carbons (Fsp3) is 0.500. The third kappa shape index (κ3) is 3.53. The Balaban J connectivity index is 2.72. The van der Waals surface area contributed by atoms with E-state index in [9.17, 15) is 10.1 Å². The van der Waals surface area contributed by atoms with Crippen LogP contribution in [0.5, 0.6) is 0 Å². The molecule has 0 fully saturated rings. The Bertz CT molecular complexity index is 353. The monoisotopic (exact) mass is 222 g/mol. The highest BCUT2D eigenvalue weighted by Gasteiger charge is 2.08. The standard InChI is InChI=1S/C12H18N2O2/c1-3-6-10(4-2)13-11-7-5-8-12(9-11)14(15)16/h5,7-10,13H,3-4,6H2,1-2H3.